The zero-order chi connectivity index (χ0) is 13.1. The Hall–Kier alpha value is -2.26. The minimum absolute atomic E-state index is 0.0315. The topological polar surface area (TPSA) is 45.2 Å². The van der Waals surface area contributed by atoms with Gasteiger partial charge in [0.1, 0.15) is 12.4 Å². The largest absolute Gasteiger partial charge is 0.491 e. The number of nitrogens with one attached hydrogen (secondary N) is 1. The van der Waals surface area contributed by atoms with Crippen molar-refractivity contribution in [2.75, 3.05) is 13.2 Å². The van der Waals surface area contributed by atoms with E-state index in [2.05, 4.69) is 23.2 Å². The summed E-state index contributed by atoms with van der Waals surface area (Å²) >= 11 is 0. The van der Waals surface area contributed by atoms with E-state index >= 15 is 0 Å². The highest BCUT2D eigenvalue weighted by molar-refractivity contribution is 5.85. The van der Waals surface area contributed by atoms with E-state index in [0.717, 1.165) is 22.5 Å². The summed E-state index contributed by atoms with van der Waals surface area (Å²) in [6.07, 6.45) is 0. The van der Waals surface area contributed by atoms with Crippen molar-refractivity contribution in [3.8, 4) is 17.0 Å². The fraction of sp³-hybridized carbons (Fsp3) is 0.125. The summed E-state index contributed by atoms with van der Waals surface area (Å²) in [6, 6.07) is 18.2. The van der Waals surface area contributed by atoms with Gasteiger partial charge in [-0.1, -0.05) is 18.2 Å². The highest BCUT2D eigenvalue weighted by Crippen LogP contribution is 2.25. The summed E-state index contributed by atoms with van der Waals surface area (Å²) in [5.41, 5.74) is 3.35. The van der Waals surface area contributed by atoms with Gasteiger partial charge in [0, 0.05) is 16.6 Å². The van der Waals surface area contributed by atoms with Crippen molar-refractivity contribution in [2.45, 2.75) is 0 Å². The quantitative estimate of drug-likeness (QED) is 0.750. The molecule has 0 unspecified atom stereocenters. The van der Waals surface area contributed by atoms with Crippen LogP contribution in [-0.4, -0.2) is 23.3 Å². The molecule has 19 heavy (non-hydrogen) atoms. The van der Waals surface area contributed by atoms with Crippen molar-refractivity contribution >= 4 is 10.9 Å². The van der Waals surface area contributed by atoms with Crippen LogP contribution in [0.5, 0.6) is 5.75 Å². The molecule has 2 aromatic carbocycles. The van der Waals surface area contributed by atoms with Crippen LogP contribution in [0, 0.1) is 0 Å². The second-order valence-corrected chi connectivity index (χ2v) is 4.37. The number of benzene rings is 2. The molecule has 0 saturated heterocycles. The van der Waals surface area contributed by atoms with Gasteiger partial charge in [0.15, 0.2) is 0 Å². The molecular weight excluding hydrogens is 238 g/mol. The first-order chi connectivity index (χ1) is 9.36. The van der Waals surface area contributed by atoms with Gasteiger partial charge in [0.25, 0.3) is 0 Å². The van der Waals surface area contributed by atoms with Gasteiger partial charge in [0.2, 0.25) is 0 Å². The summed E-state index contributed by atoms with van der Waals surface area (Å²) in [6.45, 7) is 0.357. The normalized spacial score (nSPS) is 10.8. The monoisotopic (exact) mass is 253 g/mol. The fourth-order valence-electron chi connectivity index (χ4n) is 2.12. The molecule has 2 N–H and O–H groups in total. The number of fused-ring (bicyclic) bond motifs is 1. The molecule has 0 bridgehead atoms. The van der Waals surface area contributed by atoms with Crippen molar-refractivity contribution in [1.82, 2.24) is 4.98 Å². The summed E-state index contributed by atoms with van der Waals surface area (Å²) in [7, 11) is 0. The van der Waals surface area contributed by atoms with Crippen LogP contribution in [0.25, 0.3) is 22.2 Å². The zero-order valence-electron chi connectivity index (χ0n) is 10.5. The van der Waals surface area contributed by atoms with Crippen LogP contribution in [-0.2, 0) is 0 Å². The predicted molar refractivity (Wildman–Crippen MR) is 76.3 cm³/mol. The molecule has 1 heterocycles. The lowest BCUT2D eigenvalue weighted by Crippen LogP contribution is -2.01. The first-order valence-electron chi connectivity index (χ1n) is 6.29. The average Bonchev–Trinajstić information content (AvgIpc) is 2.89. The minimum atomic E-state index is 0.0315. The van der Waals surface area contributed by atoms with E-state index in [9.17, 15) is 0 Å². The summed E-state index contributed by atoms with van der Waals surface area (Å²) in [5, 5.41) is 9.92. The van der Waals surface area contributed by atoms with Crippen LogP contribution in [0.15, 0.2) is 54.6 Å². The predicted octanol–water partition coefficient (Wildman–Crippen LogP) is 3.21. The standard InChI is InChI=1S/C16H15NO2/c18-9-10-19-14-7-5-12(6-8-14)16-11-13-3-1-2-4-15(13)17-16/h1-8,11,17-18H,9-10H2. The zero-order valence-corrected chi connectivity index (χ0v) is 10.5. The van der Waals surface area contributed by atoms with Crippen molar-refractivity contribution in [1.29, 1.82) is 0 Å². The van der Waals surface area contributed by atoms with E-state index in [-0.39, 0.29) is 6.61 Å². The minimum Gasteiger partial charge on any atom is -0.491 e. The number of aliphatic hydroxyl groups excluding tert-OH is 1. The molecule has 0 aliphatic rings. The average molecular weight is 253 g/mol. The van der Waals surface area contributed by atoms with Crippen LogP contribution in [0.4, 0.5) is 0 Å². The molecule has 3 aromatic rings. The maximum Gasteiger partial charge on any atom is 0.119 e. The number of ether oxygens (including phenoxy) is 1. The molecule has 0 radical (unpaired) electrons. The van der Waals surface area contributed by atoms with Gasteiger partial charge < -0.3 is 14.8 Å². The Balaban J connectivity index is 1.88. The van der Waals surface area contributed by atoms with Gasteiger partial charge in [-0.25, -0.2) is 0 Å². The lowest BCUT2D eigenvalue weighted by atomic mass is 10.1. The Kier molecular flexibility index (Phi) is 3.21. The van der Waals surface area contributed by atoms with E-state index in [1.165, 1.54) is 5.39 Å². The highest BCUT2D eigenvalue weighted by Gasteiger charge is 2.03. The highest BCUT2D eigenvalue weighted by atomic mass is 16.5. The number of rotatable bonds is 4. The lowest BCUT2D eigenvalue weighted by Gasteiger charge is -2.04. The smallest absolute Gasteiger partial charge is 0.119 e. The Morgan fingerprint density at radius 2 is 1.79 bits per heavy atom. The molecule has 0 fully saturated rings. The maximum atomic E-state index is 8.71. The van der Waals surface area contributed by atoms with Gasteiger partial charge in [-0.3, -0.25) is 0 Å². The Labute approximate surface area is 111 Å². The molecule has 0 aliphatic carbocycles. The summed E-state index contributed by atoms with van der Waals surface area (Å²) < 4.78 is 5.34. The molecule has 1 aromatic heterocycles. The number of H-pyrrole nitrogens is 1. The lowest BCUT2D eigenvalue weighted by molar-refractivity contribution is 0.201. The molecule has 0 amide bonds. The van der Waals surface area contributed by atoms with Crippen LogP contribution in [0.2, 0.25) is 0 Å². The fourth-order valence-corrected chi connectivity index (χ4v) is 2.12. The molecule has 3 rings (SSSR count). The van der Waals surface area contributed by atoms with E-state index in [1.54, 1.807) is 0 Å². The maximum absolute atomic E-state index is 8.71. The van der Waals surface area contributed by atoms with Crippen LogP contribution in [0.1, 0.15) is 0 Å². The molecule has 3 heteroatoms. The van der Waals surface area contributed by atoms with Crippen molar-refractivity contribution < 1.29 is 9.84 Å². The van der Waals surface area contributed by atoms with Crippen LogP contribution < -0.4 is 4.74 Å². The SMILES string of the molecule is OCCOc1ccc(-c2cc3ccccc3[nH]2)cc1. The molecule has 0 saturated carbocycles. The first-order valence-corrected chi connectivity index (χ1v) is 6.29. The van der Waals surface area contributed by atoms with E-state index in [4.69, 9.17) is 9.84 Å². The number of hydrogen-bond acceptors (Lipinski definition) is 2. The Bertz CT molecular complexity index is 638. The third-order valence-corrected chi connectivity index (χ3v) is 3.06. The van der Waals surface area contributed by atoms with Gasteiger partial charge in [-0.2, -0.15) is 0 Å². The van der Waals surface area contributed by atoms with Crippen LogP contribution >= 0.6 is 0 Å². The molecule has 0 aliphatic heterocycles. The van der Waals surface area contributed by atoms with Gasteiger partial charge in [0.05, 0.1) is 6.61 Å². The Morgan fingerprint density at radius 1 is 1.00 bits per heavy atom. The Morgan fingerprint density at radius 3 is 2.53 bits per heavy atom. The second-order valence-electron chi connectivity index (χ2n) is 4.37. The third kappa shape index (κ3) is 2.46. The van der Waals surface area contributed by atoms with Gasteiger partial charge >= 0.3 is 0 Å². The van der Waals surface area contributed by atoms with Crippen molar-refractivity contribution in [3.05, 3.63) is 54.6 Å². The molecular formula is C16H15NO2. The van der Waals surface area contributed by atoms with E-state index < -0.39 is 0 Å². The number of aliphatic hydroxyl groups is 1. The van der Waals surface area contributed by atoms with Crippen LogP contribution in [0.3, 0.4) is 0 Å². The van der Waals surface area contributed by atoms with E-state index in [0.29, 0.717) is 6.61 Å². The van der Waals surface area contributed by atoms with Gasteiger partial charge in [-0.15, -0.1) is 0 Å². The van der Waals surface area contributed by atoms with Gasteiger partial charge in [-0.05, 0) is 42.0 Å². The van der Waals surface area contributed by atoms with E-state index in [1.807, 2.05) is 36.4 Å². The number of aromatic amines is 1. The molecule has 96 valence electrons. The second kappa shape index (κ2) is 5.16. The number of aromatic nitrogens is 1. The van der Waals surface area contributed by atoms with Crippen molar-refractivity contribution in [3.63, 3.8) is 0 Å². The van der Waals surface area contributed by atoms with Crippen molar-refractivity contribution in [2.24, 2.45) is 0 Å². The molecule has 3 nitrogen and oxygen atoms in total. The summed E-state index contributed by atoms with van der Waals surface area (Å²) in [5.74, 6) is 0.772. The number of hydrogen-bond donors (Lipinski definition) is 2. The molecule has 0 atom stereocenters. The molecule has 0 spiro atoms. The number of para-hydroxylation sites is 1. The third-order valence-electron chi connectivity index (χ3n) is 3.06. The first kappa shape index (κ1) is 11.8. The summed E-state index contributed by atoms with van der Waals surface area (Å²) in [4.78, 5) is 3.39.